The van der Waals surface area contributed by atoms with E-state index in [0.717, 1.165) is 38.5 Å². The highest BCUT2D eigenvalue weighted by Crippen LogP contribution is 2.18. The predicted octanol–water partition coefficient (Wildman–Crippen LogP) is 19.6. The lowest BCUT2D eigenvalue weighted by molar-refractivity contribution is -0.143. The first kappa shape index (κ1) is 67.6. The highest BCUT2D eigenvalue weighted by atomic mass is 16.5. The van der Waals surface area contributed by atoms with Crippen LogP contribution in [0.5, 0.6) is 0 Å². The van der Waals surface area contributed by atoms with Crippen LogP contribution in [-0.2, 0) is 14.3 Å². The van der Waals surface area contributed by atoms with Crippen LogP contribution in [0.25, 0.3) is 0 Å². The van der Waals surface area contributed by atoms with Gasteiger partial charge in [-0.15, -0.1) is 0 Å². The number of hydrogen-bond acceptors (Lipinski definition) is 5. The molecule has 0 saturated heterocycles. The number of esters is 1. The van der Waals surface area contributed by atoms with E-state index in [1.54, 1.807) is 0 Å². The molecule has 0 aromatic rings. The molecule has 0 saturated carbocycles. The number of unbranched alkanes of at least 4 members (excludes halogenated alkanes) is 46. The molecule has 0 aliphatic heterocycles. The Balaban J connectivity index is 3.31. The first-order valence-electron chi connectivity index (χ1n) is 31.4. The fourth-order valence-corrected chi connectivity index (χ4v) is 9.99. The largest absolute Gasteiger partial charge is 0.466 e. The van der Waals surface area contributed by atoms with Crippen LogP contribution < -0.4 is 5.32 Å². The summed E-state index contributed by atoms with van der Waals surface area (Å²) in [5.41, 5.74) is 0. The summed E-state index contributed by atoms with van der Waals surface area (Å²) in [4.78, 5) is 24.5. The van der Waals surface area contributed by atoms with Crippen molar-refractivity contribution in [3.05, 3.63) is 12.2 Å². The van der Waals surface area contributed by atoms with Crippen LogP contribution >= 0.6 is 0 Å². The molecule has 2 atom stereocenters. The predicted molar refractivity (Wildman–Crippen MR) is 301 cm³/mol. The van der Waals surface area contributed by atoms with Gasteiger partial charge in [0, 0.05) is 12.8 Å². The minimum Gasteiger partial charge on any atom is -0.466 e. The molecule has 0 aliphatic carbocycles. The Kier molecular flexibility index (Phi) is 58.0. The number of hydrogen-bond donors (Lipinski definition) is 3. The Labute approximate surface area is 431 Å². The summed E-state index contributed by atoms with van der Waals surface area (Å²) in [6.07, 6.45) is 71.0. The molecule has 0 rings (SSSR count). The molecular weight excluding hydrogens is 851 g/mol. The van der Waals surface area contributed by atoms with E-state index in [1.807, 2.05) is 0 Å². The SMILES string of the molecule is CCCCCCCC/C=C\CCCCCCCCCCCC(=O)OCCCCCCCCCCCCCCCCCCCCCCCCCCC(=O)NC(CO)C(O)CCCCCCCCCCC. The van der Waals surface area contributed by atoms with Crippen LogP contribution in [0.1, 0.15) is 354 Å². The van der Waals surface area contributed by atoms with Gasteiger partial charge < -0.3 is 20.3 Å². The van der Waals surface area contributed by atoms with Gasteiger partial charge >= 0.3 is 5.97 Å². The van der Waals surface area contributed by atoms with E-state index < -0.39 is 12.1 Å². The molecule has 6 heteroatoms. The maximum Gasteiger partial charge on any atom is 0.305 e. The lowest BCUT2D eigenvalue weighted by atomic mass is 10.0. The van der Waals surface area contributed by atoms with E-state index in [-0.39, 0.29) is 18.5 Å². The van der Waals surface area contributed by atoms with E-state index in [9.17, 15) is 19.8 Å². The van der Waals surface area contributed by atoms with Crippen molar-refractivity contribution in [1.82, 2.24) is 5.32 Å². The number of amides is 1. The highest BCUT2D eigenvalue weighted by Gasteiger charge is 2.20. The van der Waals surface area contributed by atoms with Crippen molar-refractivity contribution < 1.29 is 24.5 Å². The number of rotatable bonds is 59. The fourth-order valence-electron chi connectivity index (χ4n) is 9.99. The topological polar surface area (TPSA) is 95.9 Å². The standard InChI is InChI=1S/C63H123NO5/c1-3-5-7-9-11-13-14-15-16-17-24-28-31-34-37-41-45-49-53-57-63(68)69-58-54-50-46-42-38-35-32-29-26-23-21-19-18-20-22-25-27-30-33-36-40-44-48-52-56-62(67)64-60(59-65)61(66)55-51-47-43-39-12-10-8-6-4-2/h15-16,60-61,65-66H,3-14,17-59H2,1-2H3,(H,64,67)/b16-15-. The smallest absolute Gasteiger partial charge is 0.305 e. The number of allylic oxidation sites excluding steroid dienone is 2. The average molecular weight is 975 g/mol. The Morgan fingerprint density at radius 2 is 0.681 bits per heavy atom. The molecule has 2 unspecified atom stereocenters. The molecule has 410 valence electrons. The van der Waals surface area contributed by atoms with Crippen molar-refractivity contribution >= 4 is 11.9 Å². The number of aliphatic hydroxyl groups is 2. The molecule has 69 heavy (non-hydrogen) atoms. The zero-order valence-corrected chi connectivity index (χ0v) is 46.8. The van der Waals surface area contributed by atoms with Gasteiger partial charge in [-0.2, -0.15) is 0 Å². The normalized spacial score (nSPS) is 12.6. The van der Waals surface area contributed by atoms with E-state index in [2.05, 4.69) is 31.3 Å². The van der Waals surface area contributed by atoms with Crippen molar-refractivity contribution in [3.8, 4) is 0 Å². The number of carbonyl (C=O) groups excluding carboxylic acids is 2. The molecule has 0 heterocycles. The number of carbonyl (C=O) groups is 2. The number of ether oxygens (including phenoxy) is 1. The zero-order chi connectivity index (χ0) is 50.0. The zero-order valence-electron chi connectivity index (χ0n) is 46.8. The van der Waals surface area contributed by atoms with Crippen molar-refractivity contribution in [2.45, 2.75) is 366 Å². The molecule has 0 spiro atoms. The van der Waals surface area contributed by atoms with Gasteiger partial charge in [0.15, 0.2) is 0 Å². The molecule has 0 aliphatic rings. The lowest BCUT2D eigenvalue weighted by Crippen LogP contribution is -2.45. The van der Waals surface area contributed by atoms with Gasteiger partial charge in [0.2, 0.25) is 5.91 Å². The average Bonchev–Trinajstić information content (AvgIpc) is 3.35. The van der Waals surface area contributed by atoms with Crippen LogP contribution in [0.3, 0.4) is 0 Å². The Hall–Kier alpha value is -1.40. The quantitative estimate of drug-likeness (QED) is 0.0321. The van der Waals surface area contributed by atoms with E-state index in [1.165, 1.54) is 283 Å². The third-order valence-corrected chi connectivity index (χ3v) is 14.8. The monoisotopic (exact) mass is 974 g/mol. The number of aliphatic hydroxyl groups excluding tert-OH is 2. The molecule has 1 amide bonds. The highest BCUT2D eigenvalue weighted by molar-refractivity contribution is 5.76. The first-order chi connectivity index (χ1) is 34.0. The molecular formula is C63H123NO5. The molecule has 0 radical (unpaired) electrons. The van der Waals surface area contributed by atoms with Crippen LogP contribution in [0.15, 0.2) is 12.2 Å². The van der Waals surface area contributed by atoms with Crippen LogP contribution in [-0.4, -0.2) is 47.4 Å². The Bertz CT molecular complexity index is 1030. The fraction of sp³-hybridized carbons (Fsp3) is 0.937. The van der Waals surface area contributed by atoms with E-state index >= 15 is 0 Å². The van der Waals surface area contributed by atoms with Gasteiger partial charge in [-0.1, -0.05) is 302 Å². The van der Waals surface area contributed by atoms with Gasteiger partial charge in [-0.3, -0.25) is 9.59 Å². The summed E-state index contributed by atoms with van der Waals surface area (Å²) in [5, 5.41) is 23.1. The third-order valence-electron chi connectivity index (χ3n) is 14.8. The van der Waals surface area contributed by atoms with Gasteiger partial charge in [-0.25, -0.2) is 0 Å². The summed E-state index contributed by atoms with van der Waals surface area (Å²) in [6.45, 7) is 4.95. The van der Waals surface area contributed by atoms with Crippen molar-refractivity contribution in [1.29, 1.82) is 0 Å². The minimum atomic E-state index is -0.660. The Morgan fingerprint density at radius 1 is 0.391 bits per heavy atom. The van der Waals surface area contributed by atoms with E-state index in [0.29, 0.717) is 25.9 Å². The van der Waals surface area contributed by atoms with Crippen molar-refractivity contribution in [2.75, 3.05) is 13.2 Å². The summed E-state index contributed by atoms with van der Waals surface area (Å²) < 4.78 is 5.50. The van der Waals surface area contributed by atoms with Crippen LogP contribution in [0, 0.1) is 0 Å². The molecule has 0 bridgehead atoms. The first-order valence-corrected chi connectivity index (χ1v) is 31.4. The van der Waals surface area contributed by atoms with E-state index in [4.69, 9.17) is 4.74 Å². The van der Waals surface area contributed by atoms with Gasteiger partial charge in [-0.05, 0) is 51.4 Å². The number of nitrogens with one attached hydrogen (secondary N) is 1. The van der Waals surface area contributed by atoms with Crippen molar-refractivity contribution in [3.63, 3.8) is 0 Å². The maximum atomic E-state index is 12.4. The van der Waals surface area contributed by atoms with Crippen molar-refractivity contribution in [2.24, 2.45) is 0 Å². The van der Waals surface area contributed by atoms with Gasteiger partial charge in [0.25, 0.3) is 0 Å². The second-order valence-electron chi connectivity index (χ2n) is 21.7. The van der Waals surface area contributed by atoms with Gasteiger partial charge in [0.05, 0.1) is 25.4 Å². The van der Waals surface area contributed by atoms with Crippen LogP contribution in [0.2, 0.25) is 0 Å². The molecule has 6 nitrogen and oxygen atoms in total. The molecule has 0 aromatic heterocycles. The second kappa shape index (κ2) is 59.2. The summed E-state index contributed by atoms with van der Waals surface area (Å²) in [5.74, 6) is -0.0192. The molecule has 0 fully saturated rings. The summed E-state index contributed by atoms with van der Waals surface area (Å²) >= 11 is 0. The maximum absolute atomic E-state index is 12.4. The Morgan fingerprint density at radius 3 is 1.03 bits per heavy atom. The summed E-state index contributed by atoms with van der Waals surface area (Å²) in [6, 6.07) is -0.537. The minimum absolute atomic E-state index is 0.0156. The second-order valence-corrected chi connectivity index (χ2v) is 21.7. The molecule has 0 aromatic carbocycles. The van der Waals surface area contributed by atoms with Gasteiger partial charge in [0.1, 0.15) is 0 Å². The third kappa shape index (κ3) is 55.8. The van der Waals surface area contributed by atoms with Crippen LogP contribution in [0.4, 0.5) is 0 Å². The summed E-state index contributed by atoms with van der Waals surface area (Å²) in [7, 11) is 0. The molecule has 3 N–H and O–H groups in total. The lowest BCUT2D eigenvalue weighted by Gasteiger charge is -2.22.